The van der Waals surface area contributed by atoms with Gasteiger partial charge in [-0.15, -0.1) is 11.3 Å². The molecule has 0 bridgehead atoms. The Labute approximate surface area is 147 Å². The number of pyridine rings is 1. The van der Waals surface area contributed by atoms with E-state index in [0.29, 0.717) is 6.42 Å². The number of nitrogens with one attached hydrogen (secondary N) is 1. The van der Waals surface area contributed by atoms with Crippen LogP contribution in [-0.2, 0) is 0 Å². The highest BCUT2D eigenvalue weighted by Crippen LogP contribution is 2.41. The molecule has 1 fully saturated rings. The normalized spacial score (nSPS) is 21.2. The second kappa shape index (κ2) is 7.04. The molecule has 2 N–H and O–H groups in total. The Morgan fingerprint density at radius 2 is 2.32 bits per heavy atom. The summed E-state index contributed by atoms with van der Waals surface area (Å²) in [6.07, 6.45) is 2.50. The molecule has 2 aromatic heterocycles. The highest BCUT2D eigenvalue weighted by Gasteiger charge is 2.40. The standard InChI is InChI=1S/C15H16BrN3OS2/c16-10-8-12(22-9-10)14-13(11-4-1-2-5-17-11)18-15(21)19(14)6-3-7-20/h1-2,4-5,8-9,13-14,20H,3,6-7H2,(H,18,21)/t13-,14+/m0/s1. The van der Waals surface area contributed by atoms with Crippen molar-refractivity contribution in [2.45, 2.75) is 18.5 Å². The third kappa shape index (κ3) is 3.17. The zero-order valence-corrected chi connectivity index (χ0v) is 15.0. The van der Waals surface area contributed by atoms with Gasteiger partial charge >= 0.3 is 0 Å². The summed E-state index contributed by atoms with van der Waals surface area (Å²) in [7, 11) is 0. The smallest absolute Gasteiger partial charge is 0.170 e. The predicted octanol–water partition coefficient (Wildman–Crippen LogP) is 3.26. The number of thiocarbonyl (C=S) groups is 1. The molecule has 0 unspecified atom stereocenters. The van der Waals surface area contributed by atoms with Crippen LogP contribution in [0, 0.1) is 0 Å². The van der Waals surface area contributed by atoms with Gasteiger partial charge in [0, 0.05) is 34.1 Å². The van der Waals surface area contributed by atoms with Crippen LogP contribution in [-0.4, -0.2) is 33.3 Å². The van der Waals surface area contributed by atoms with Crippen molar-refractivity contribution in [2.75, 3.05) is 13.2 Å². The number of nitrogens with zero attached hydrogens (tertiary/aromatic N) is 2. The van der Waals surface area contributed by atoms with E-state index in [1.165, 1.54) is 4.88 Å². The number of aromatic nitrogens is 1. The predicted molar refractivity (Wildman–Crippen MR) is 95.9 cm³/mol. The van der Waals surface area contributed by atoms with Crippen molar-refractivity contribution < 1.29 is 5.11 Å². The van der Waals surface area contributed by atoms with Crippen LogP contribution in [0.5, 0.6) is 0 Å². The van der Waals surface area contributed by atoms with Crippen LogP contribution >= 0.6 is 39.5 Å². The van der Waals surface area contributed by atoms with Crippen molar-refractivity contribution in [2.24, 2.45) is 0 Å². The van der Waals surface area contributed by atoms with Crippen LogP contribution in [0.3, 0.4) is 0 Å². The van der Waals surface area contributed by atoms with E-state index in [4.69, 9.17) is 17.3 Å². The Morgan fingerprint density at radius 1 is 1.45 bits per heavy atom. The Kier molecular flexibility index (Phi) is 5.07. The van der Waals surface area contributed by atoms with Crippen molar-refractivity contribution in [3.05, 3.63) is 50.9 Å². The number of hydrogen-bond donors (Lipinski definition) is 2. The van der Waals surface area contributed by atoms with Crippen LogP contribution in [0.2, 0.25) is 0 Å². The van der Waals surface area contributed by atoms with Gasteiger partial charge in [-0.1, -0.05) is 6.07 Å². The van der Waals surface area contributed by atoms with E-state index >= 15 is 0 Å². The van der Waals surface area contributed by atoms with E-state index in [-0.39, 0.29) is 18.7 Å². The lowest BCUT2D eigenvalue weighted by molar-refractivity contribution is 0.249. The fourth-order valence-corrected chi connectivity index (χ4v) is 4.60. The molecule has 0 amide bonds. The minimum Gasteiger partial charge on any atom is -0.396 e. The Hall–Kier alpha value is -1.02. The van der Waals surface area contributed by atoms with E-state index in [1.807, 2.05) is 18.2 Å². The molecule has 3 rings (SSSR count). The minimum atomic E-state index is 0.0259. The molecule has 2 aromatic rings. The number of rotatable bonds is 5. The third-order valence-electron chi connectivity index (χ3n) is 3.63. The molecule has 0 saturated carbocycles. The monoisotopic (exact) mass is 397 g/mol. The molecule has 3 heterocycles. The zero-order chi connectivity index (χ0) is 15.5. The minimum absolute atomic E-state index is 0.0259. The maximum atomic E-state index is 9.15. The molecule has 1 saturated heterocycles. The van der Waals surface area contributed by atoms with E-state index in [9.17, 15) is 0 Å². The maximum absolute atomic E-state index is 9.15. The summed E-state index contributed by atoms with van der Waals surface area (Å²) in [5.74, 6) is 0. The first-order valence-electron chi connectivity index (χ1n) is 7.03. The zero-order valence-electron chi connectivity index (χ0n) is 11.8. The van der Waals surface area contributed by atoms with Gasteiger partial charge in [-0.05, 0) is 52.8 Å². The van der Waals surface area contributed by atoms with Crippen molar-refractivity contribution >= 4 is 44.6 Å². The van der Waals surface area contributed by atoms with Crippen molar-refractivity contribution in [3.8, 4) is 0 Å². The molecule has 116 valence electrons. The Balaban J connectivity index is 1.96. The molecule has 1 aliphatic heterocycles. The fraction of sp³-hybridized carbons (Fsp3) is 0.333. The van der Waals surface area contributed by atoms with Crippen molar-refractivity contribution in [3.63, 3.8) is 0 Å². The van der Waals surface area contributed by atoms with Gasteiger partial charge in [0.2, 0.25) is 0 Å². The first kappa shape index (κ1) is 15.9. The van der Waals surface area contributed by atoms with Crippen LogP contribution in [0.4, 0.5) is 0 Å². The van der Waals surface area contributed by atoms with E-state index < -0.39 is 0 Å². The number of halogens is 1. The van der Waals surface area contributed by atoms with Gasteiger partial charge in [-0.2, -0.15) is 0 Å². The molecular weight excluding hydrogens is 382 g/mol. The molecule has 4 nitrogen and oxygen atoms in total. The summed E-state index contributed by atoms with van der Waals surface area (Å²) in [5.41, 5.74) is 0.978. The first-order chi connectivity index (χ1) is 10.7. The van der Waals surface area contributed by atoms with Gasteiger partial charge in [0.25, 0.3) is 0 Å². The molecule has 0 spiro atoms. The summed E-state index contributed by atoms with van der Waals surface area (Å²) in [4.78, 5) is 7.87. The van der Waals surface area contributed by atoms with E-state index in [2.05, 4.69) is 42.6 Å². The molecular formula is C15H16BrN3OS2. The summed E-state index contributed by atoms with van der Waals surface area (Å²) in [6, 6.07) is 8.18. The Morgan fingerprint density at radius 3 is 2.95 bits per heavy atom. The molecule has 0 aromatic carbocycles. The topological polar surface area (TPSA) is 48.4 Å². The number of aliphatic hydroxyl groups is 1. The van der Waals surface area contributed by atoms with Gasteiger partial charge in [-0.25, -0.2) is 0 Å². The average molecular weight is 398 g/mol. The van der Waals surface area contributed by atoms with Crippen LogP contribution in [0.25, 0.3) is 0 Å². The second-order valence-electron chi connectivity index (χ2n) is 5.06. The van der Waals surface area contributed by atoms with E-state index in [0.717, 1.165) is 21.8 Å². The van der Waals surface area contributed by atoms with Gasteiger partial charge in [0.15, 0.2) is 5.11 Å². The quantitative estimate of drug-likeness (QED) is 0.758. The lowest BCUT2D eigenvalue weighted by Crippen LogP contribution is -2.30. The van der Waals surface area contributed by atoms with Crippen LogP contribution in [0.15, 0.2) is 40.3 Å². The van der Waals surface area contributed by atoms with Crippen LogP contribution in [0.1, 0.15) is 29.1 Å². The highest BCUT2D eigenvalue weighted by molar-refractivity contribution is 9.10. The first-order valence-corrected chi connectivity index (χ1v) is 9.11. The van der Waals surface area contributed by atoms with Crippen LogP contribution < -0.4 is 5.32 Å². The molecule has 1 aliphatic rings. The van der Waals surface area contributed by atoms with Gasteiger partial charge in [0.05, 0.1) is 17.8 Å². The summed E-state index contributed by atoms with van der Waals surface area (Å²) < 4.78 is 1.08. The lowest BCUT2D eigenvalue weighted by atomic mass is 10.0. The number of hydrogen-bond acceptors (Lipinski definition) is 4. The second-order valence-corrected chi connectivity index (χ2v) is 7.31. The number of aliphatic hydroxyl groups excluding tert-OH is 1. The molecule has 7 heteroatoms. The van der Waals surface area contributed by atoms with Gasteiger partial charge in [-0.3, -0.25) is 4.98 Å². The van der Waals surface area contributed by atoms with E-state index in [1.54, 1.807) is 17.5 Å². The van der Waals surface area contributed by atoms with Gasteiger partial charge in [0.1, 0.15) is 0 Å². The Bertz CT molecular complexity index is 649. The molecule has 0 aliphatic carbocycles. The molecule has 0 radical (unpaired) electrons. The number of thiophene rings is 1. The summed E-state index contributed by atoms with van der Waals surface area (Å²) in [6.45, 7) is 0.889. The lowest BCUT2D eigenvalue weighted by Gasteiger charge is -2.26. The maximum Gasteiger partial charge on any atom is 0.170 e. The molecule has 2 atom stereocenters. The average Bonchev–Trinajstić information content (AvgIpc) is 3.09. The fourth-order valence-electron chi connectivity index (χ4n) is 2.68. The largest absolute Gasteiger partial charge is 0.396 e. The van der Waals surface area contributed by atoms with Crippen molar-refractivity contribution in [1.82, 2.24) is 15.2 Å². The SMILES string of the molecule is OCCCN1C(=S)N[C@@H](c2ccccn2)[C@H]1c1cc(Br)cs1. The molecule has 22 heavy (non-hydrogen) atoms. The van der Waals surface area contributed by atoms with Crippen molar-refractivity contribution in [1.29, 1.82) is 0 Å². The summed E-state index contributed by atoms with van der Waals surface area (Å²) >= 11 is 10.7. The van der Waals surface area contributed by atoms with Gasteiger partial charge < -0.3 is 15.3 Å². The third-order valence-corrected chi connectivity index (χ3v) is 5.75. The summed E-state index contributed by atoms with van der Waals surface area (Å²) in [5, 5.41) is 15.3. The highest BCUT2D eigenvalue weighted by atomic mass is 79.9.